The van der Waals surface area contributed by atoms with Gasteiger partial charge in [0.1, 0.15) is 17.4 Å². The Hall–Kier alpha value is -2.42. The number of alkyl halides is 3. The molecule has 1 aliphatic heterocycles. The van der Waals surface area contributed by atoms with Gasteiger partial charge in [0.05, 0.1) is 23.9 Å². The zero-order valence-corrected chi connectivity index (χ0v) is 22.6. The molecule has 0 spiro atoms. The number of nitrogens with one attached hydrogen (secondary N) is 1. The number of rotatable bonds is 6. The number of fused-ring (bicyclic) bond motifs is 1. The Kier molecular flexibility index (Phi) is 9.42. The number of thiazole rings is 1. The van der Waals surface area contributed by atoms with Crippen molar-refractivity contribution in [2.75, 3.05) is 44.3 Å². The van der Waals surface area contributed by atoms with Crippen LogP contribution >= 0.6 is 11.3 Å². The van der Waals surface area contributed by atoms with E-state index in [4.69, 9.17) is 9.47 Å². The highest BCUT2D eigenvalue weighted by molar-refractivity contribution is 7.92. The maximum absolute atomic E-state index is 13.2. The van der Waals surface area contributed by atoms with E-state index in [-0.39, 0.29) is 54.1 Å². The first-order valence-corrected chi connectivity index (χ1v) is 14.1. The van der Waals surface area contributed by atoms with E-state index in [1.807, 2.05) is 23.9 Å². The molecule has 3 atom stereocenters. The van der Waals surface area contributed by atoms with Crippen LogP contribution in [-0.2, 0) is 21.3 Å². The number of hydrogen-bond donors (Lipinski definition) is 1. The molecular formula is C23H31F3N4O5S2. The third kappa shape index (κ3) is 8.28. The number of hydrogen-bond acceptors (Lipinski definition) is 8. The SMILES string of the molecule is CO[C@@H]1CN(C)C(=O)c2ccc(NS(=O)(=O)CC(F)(F)F)cc2OC[C@H](C)N(Cc2nccs2)C[C@@H]1C. The number of halogens is 3. The molecule has 1 aromatic carbocycles. The van der Waals surface area contributed by atoms with Crippen molar-refractivity contribution in [1.82, 2.24) is 14.8 Å². The average molecular weight is 565 g/mol. The van der Waals surface area contributed by atoms with E-state index in [9.17, 15) is 26.4 Å². The molecule has 0 fully saturated rings. The molecule has 37 heavy (non-hydrogen) atoms. The van der Waals surface area contributed by atoms with Crippen LogP contribution in [0.25, 0.3) is 0 Å². The van der Waals surface area contributed by atoms with E-state index in [2.05, 4.69) is 9.88 Å². The minimum atomic E-state index is -4.90. The Balaban J connectivity index is 1.94. The third-order valence-electron chi connectivity index (χ3n) is 6.02. The van der Waals surface area contributed by atoms with E-state index in [0.717, 1.165) is 5.01 Å². The first-order valence-electron chi connectivity index (χ1n) is 11.5. The summed E-state index contributed by atoms with van der Waals surface area (Å²) in [7, 11) is -1.49. The number of carbonyl (C=O) groups is 1. The topological polar surface area (TPSA) is 101 Å². The van der Waals surface area contributed by atoms with Crippen molar-refractivity contribution in [2.45, 2.75) is 38.7 Å². The largest absolute Gasteiger partial charge is 0.491 e. The minimum absolute atomic E-state index is 0.0620. The summed E-state index contributed by atoms with van der Waals surface area (Å²) in [6.07, 6.45) is -3.43. The van der Waals surface area contributed by atoms with Crippen LogP contribution in [0.1, 0.15) is 29.2 Å². The van der Waals surface area contributed by atoms with E-state index >= 15 is 0 Å². The second-order valence-corrected chi connectivity index (χ2v) is 11.8. The van der Waals surface area contributed by atoms with Crippen LogP contribution in [0.15, 0.2) is 29.8 Å². The molecule has 0 bridgehead atoms. The predicted molar refractivity (Wildman–Crippen MR) is 134 cm³/mol. The highest BCUT2D eigenvalue weighted by atomic mass is 32.2. The first-order chi connectivity index (χ1) is 17.3. The van der Waals surface area contributed by atoms with Crippen LogP contribution in [0.3, 0.4) is 0 Å². The van der Waals surface area contributed by atoms with E-state index in [0.29, 0.717) is 13.1 Å². The summed E-state index contributed by atoms with van der Waals surface area (Å²) in [5, 5.41) is 2.82. The lowest BCUT2D eigenvalue weighted by atomic mass is 10.0. The third-order valence-corrected chi connectivity index (χ3v) is 8.04. The maximum atomic E-state index is 13.2. The molecule has 0 saturated carbocycles. The predicted octanol–water partition coefficient (Wildman–Crippen LogP) is 3.45. The Bertz CT molecular complexity index is 1160. The zero-order chi connectivity index (χ0) is 27.4. The molecule has 1 amide bonds. The van der Waals surface area contributed by atoms with Gasteiger partial charge in [-0.3, -0.25) is 14.4 Å². The van der Waals surface area contributed by atoms with Crippen LogP contribution in [0.5, 0.6) is 5.75 Å². The fraction of sp³-hybridized carbons (Fsp3) is 0.565. The summed E-state index contributed by atoms with van der Waals surface area (Å²) < 4.78 is 75.6. The molecule has 9 nitrogen and oxygen atoms in total. The van der Waals surface area contributed by atoms with Gasteiger partial charge in [-0.2, -0.15) is 13.2 Å². The summed E-state index contributed by atoms with van der Waals surface area (Å²) in [4.78, 5) is 21.3. The first kappa shape index (κ1) is 29.1. The van der Waals surface area contributed by atoms with Gasteiger partial charge in [0.2, 0.25) is 10.0 Å². The second kappa shape index (κ2) is 12.0. The fourth-order valence-electron chi connectivity index (χ4n) is 4.07. The van der Waals surface area contributed by atoms with E-state index in [1.54, 1.807) is 20.4 Å². The minimum Gasteiger partial charge on any atom is -0.491 e. The Morgan fingerprint density at radius 2 is 2.00 bits per heavy atom. The number of ether oxygens (including phenoxy) is 2. The number of anilines is 1. The summed E-state index contributed by atoms with van der Waals surface area (Å²) in [5.74, 6) is -2.29. The van der Waals surface area contributed by atoms with Crippen LogP contribution in [0.4, 0.5) is 18.9 Å². The van der Waals surface area contributed by atoms with Crippen LogP contribution in [-0.4, -0.2) is 87.0 Å². The Labute approximate surface area is 218 Å². The molecule has 2 aromatic rings. The summed E-state index contributed by atoms with van der Waals surface area (Å²) in [5.41, 5.74) is 0.0178. The number of methoxy groups -OCH3 is 1. The van der Waals surface area contributed by atoms with Gasteiger partial charge in [-0.05, 0) is 25.0 Å². The van der Waals surface area contributed by atoms with Crippen molar-refractivity contribution in [3.63, 3.8) is 0 Å². The fourth-order valence-corrected chi connectivity index (χ4v) is 5.70. The van der Waals surface area contributed by atoms with Crippen LogP contribution in [0, 0.1) is 5.92 Å². The number of amides is 1. The molecule has 1 aromatic heterocycles. The highest BCUT2D eigenvalue weighted by Gasteiger charge is 2.35. The number of likely N-dealkylation sites (N-methyl/N-ethyl adjacent to an activating group) is 1. The van der Waals surface area contributed by atoms with Crippen molar-refractivity contribution in [2.24, 2.45) is 5.92 Å². The Morgan fingerprint density at radius 3 is 2.62 bits per heavy atom. The van der Waals surface area contributed by atoms with E-state index < -0.39 is 22.0 Å². The van der Waals surface area contributed by atoms with Gasteiger partial charge in [0.25, 0.3) is 5.91 Å². The monoisotopic (exact) mass is 564 g/mol. The summed E-state index contributed by atoms with van der Waals surface area (Å²) in [6, 6.07) is 3.67. The van der Waals surface area contributed by atoms with Gasteiger partial charge in [-0.25, -0.2) is 13.4 Å². The smallest absolute Gasteiger partial charge is 0.404 e. The van der Waals surface area contributed by atoms with Gasteiger partial charge < -0.3 is 14.4 Å². The maximum Gasteiger partial charge on any atom is 0.404 e. The standard InChI is InChI=1S/C23H31F3N4O5S2/c1-15-10-30(12-21-27-7-8-36-21)16(2)13-35-19-9-17(28-37(32,33)14-23(24,25)26)5-6-18(19)22(31)29(3)11-20(15)34-4/h5-9,15-16,20,28H,10-14H2,1-4H3/t15-,16-,20+/m0/s1. The molecule has 0 radical (unpaired) electrons. The molecule has 206 valence electrons. The number of aromatic nitrogens is 1. The van der Waals surface area contributed by atoms with Crippen molar-refractivity contribution in [3.05, 3.63) is 40.3 Å². The second-order valence-electron chi connectivity index (χ2n) is 9.14. The normalized spacial score (nSPS) is 22.5. The molecule has 2 heterocycles. The van der Waals surface area contributed by atoms with Gasteiger partial charge in [-0.15, -0.1) is 11.3 Å². The molecule has 0 saturated heterocycles. The van der Waals surface area contributed by atoms with Gasteiger partial charge in [0.15, 0.2) is 5.75 Å². The highest BCUT2D eigenvalue weighted by Crippen LogP contribution is 2.28. The Morgan fingerprint density at radius 1 is 1.27 bits per heavy atom. The molecule has 1 aliphatic rings. The zero-order valence-electron chi connectivity index (χ0n) is 21.0. The average Bonchev–Trinajstić information content (AvgIpc) is 3.30. The lowest BCUT2D eigenvalue weighted by Crippen LogP contribution is -2.46. The molecule has 14 heteroatoms. The quantitative estimate of drug-likeness (QED) is 0.574. The van der Waals surface area contributed by atoms with Gasteiger partial charge in [0, 0.05) is 50.9 Å². The molecule has 0 unspecified atom stereocenters. The van der Waals surface area contributed by atoms with Gasteiger partial charge in [-0.1, -0.05) is 6.92 Å². The van der Waals surface area contributed by atoms with Crippen molar-refractivity contribution >= 4 is 33.0 Å². The lowest BCUT2D eigenvalue weighted by molar-refractivity contribution is -0.106. The van der Waals surface area contributed by atoms with Gasteiger partial charge >= 0.3 is 6.18 Å². The molecule has 0 aliphatic carbocycles. The summed E-state index contributed by atoms with van der Waals surface area (Å²) in [6.45, 7) is 5.63. The number of sulfonamides is 1. The number of benzene rings is 1. The van der Waals surface area contributed by atoms with Crippen molar-refractivity contribution < 1.29 is 35.9 Å². The molecular weight excluding hydrogens is 533 g/mol. The number of nitrogens with zero attached hydrogens (tertiary/aromatic N) is 3. The molecule has 1 N–H and O–H groups in total. The lowest BCUT2D eigenvalue weighted by Gasteiger charge is -2.35. The van der Waals surface area contributed by atoms with Crippen LogP contribution < -0.4 is 9.46 Å². The van der Waals surface area contributed by atoms with Crippen molar-refractivity contribution in [3.8, 4) is 5.75 Å². The van der Waals surface area contributed by atoms with Crippen LogP contribution in [0.2, 0.25) is 0 Å². The molecule has 3 rings (SSSR count). The number of carbonyl (C=O) groups excluding carboxylic acids is 1. The van der Waals surface area contributed by atoms with E-state index in [1.165, 1.54) is 34.4 Å². The summed E-state index contributed by atoms with van der Waals surface area (Å²) >= 11 is 1.53. The van der Waals surface area contributed by atoms with Crippen molar-refractivity contribution in [1.29, 1.82) is 0 Å².